The number of allylic oxidation sites excluding steroid dienone is 1. The molecule has 1 aromatic carbocycles. The van der Waals surface area contributed by atoms with Crippen molar-refractivity contribution in [3.63, 3.8) is 0 Å². The molecule has 4 rings (SSSR count). The van der Waals surface area contributed by atoms with E-state index in [9.17, 15) is 5.26 Å². The highest BCUT2D eigenvalue weighted by Crippen LogP contribution is 2.43. The van der Waals surface area contributed by atoms with E-state index in [1.807, 2.05) is 31.2 Å². The molecule has 0 bridgehead atoms. The number of ether oxygens (including phenoxy) is 2. The van der Waals surface area contributed by atoms with Crippen LogP contribution in [0, 0.1) is 18.3 Å². The monoisotopic (exact) mass is 336 g/mol. The van der Waals surface area contributed by atoms with E-state index in [1.54, 1.807) is 0 Å². The Balaban J connectivity index is 1.74. The summed E-state index contributed by atoms with van der Waals surface area (Å²) in [6.45, 7) is 1.91. The predicted octanol–water partition coefficient (Wildman–Crippen LogP) is 3.26. The molecule has 0 radical (unpaired) electrons. The van der Waals surface area contributed by atoms with Crippen molar-refractivity contribution in [2.45, 2.75) is 44.6 Å². The lowest BCUT2D eigenvalue weighted by Crippen LogP contribution is -2.21. The van der Waals surface area contributed by atoms with Gasteiger partial charge in [0.25, 0.3) is 0 Å². The highest BCUT2D eigenvalue weighted by Gasteiger charge is 2.34. The van der Waals surface area contributed by atoms with Gasteiger partial charge >= 0.3 is 0 Å². The molecule has 25 heavy (non-hydrogen) atoms. The number of aromatic nitrogens is 2. The number of hydrogen-bond donors (Lipinski definition) is 2. The fourth-order valence-electron chi connectivity index (χ4n) is 3.70. The van der Waals surface area contributed by atoms with Crippen molar-refractivity contribution in [1.29, 1.82) is 5.26 Å². The summed E-state index contributed by atoms with van der Waals surface area (Å²) in [5.74, 6) is 1.06. The molecular weight excluding hydrogens is 316 g/mol. The Morgan fingerprint density at radius 1 is 1.36 bits per heavy atom. The molecule has 1 fully saturated rings. The van der Waals surface area contributed by atoms with Gasteiger partial charge in [0.15, 0.2) is 0 Å². The summed E-state index contributed by atoms with van der Waals surface area (Å²) in [7, 11) is 0. The first-order chi connectivity index (χ1) is 12.2. The van der Waals surface area contributed by atoms with Crippen molar-refractivity contribution in [3.8, 4) is 17.7 Å². The van der Waals surface area contributed by atoms with Crippen molar-refractivity contribution in [2.75, 3.05) is 0 Å². The molecule has 6 heteroatoms. The van der Waals surface area contributed by atoms with Gasteiger partial charge in [0, 0.05) is 11.3 Å². The highest BCUT2D eigenvalue weighted by molar-refractivity contribution is 5.55. The standard InChI is InChI=1S/C19H20N4O2/c1-11-16-17(15(10-20)18(21)25-19(16)23-22-11)12-5-4-8-14(9-12)24-13-6-2-3-7-13/h4-5,8-9,13,17H,2-3,6-7,21H2,1H3,(H,22,23)/t17-/m0/s1. The molecule has 1 atom stereocenters. The molecular formula is C19H20N4O2. The van der Waals surface area contributed by atoms with Crippen molar-refractivity contribution in [1.82, 2.24) is 10.2 Å². The molecule has 2 aliphatic rings. The number of nitrogens with two attached hydrogens (primary N) is 1. The first-order valence-corrected chi connectivity index (χ1v) is 8.56. The third-order valence-electron chi connectivity index (χ3n) is 4.93. The molecule has 0 spiro atoms. The molecule has 1 aromatic heterocycles. The zero-order valence-electron chi connectivity index (χ0n) is 14.1. The minimum absolute atomic E-state index is 0.105. The van der Waals surface area contributed by atoms with Gasteiger partial charge in [-0.1, -0.05) is 12.1 Å². The quantitative estimate of drug-likeness (QED) is 0.896. The number of aromatic amines is 1. The number of nitriles is 1. The molecule has 0 amide bonds. The van der Waals surface area contributed by atoms with Crippen LogP contribution in [0.25, 0.3) is 0 Å². The zero-order chi connectivity index (χ0) is 17.4. The number of fused-ring (bicyclic) bond motifs is 1. The summed E-state index contributed by atoms with van der Waals surface area (Å²) >= 11 is 0. The van der Waals surface area contributed by atoms with E-state index in [0.717, 1.165) is 35.4 Å². The fourth-order valence-corrected chi connectivity index (χ4v) is 3.70. The van der Waals surface area contributed by atoms with Crippen LogP contribution < -0.4 is 15.2 Å². The summed E-state index contributed by atoms with van der Waals surface area (Å²) in [5, 5.41) is 16.7. The van der Waals surface area contributed by atoms with Gasteiger partial charge in [0.05, 0.1) is 12.0 Å². The number of H-pyrrole nitrogens is 1. The number of aryl methyl sites for hydroxylation is 1. The lowest BCUT2D eigenvalue weighted by Gasteiger charge is -2.24. The van der Waals surface area contributed by atoms with Crippen LogP contribution in [0.15, 0.2) is 35.7 Å². The lowest BCUT2D eigenvalue weighted by atomic mass is 9.84. The molecule has 1 saturated carbocycles. The van der Waals surface area contributed by atoms with Gasteiger partial charge < -0.3 is 15.2 Å². The summed E-state index contributed by atoms with van der Waals surface area (Å²) in [6.07, 6.45) is 4.93. The topological polar surface area (TPSA) is 97.0 Å². The average molecular weight is 336 g/mol. The Kier molecular flexibility index (Phi) is 3.85. The second kappa shape index (κ2) is 6.17. The van der Waals surface area contributed by atoms with Gasteiger partial charge in [0.2, 0.25) is 11.8 Å². The van der Waals surface area contributed by atoms with Gasteiger partial charge in [-0.05, 0) is 50.3 Å². The molecule has 128 valence electrons. The number of hydrogen-bond acceptors (Lipinski definition) is 5. The molecule has 1 aliphatic heterocycles. The Labute approximate surface area is 146 Å². The normalized spacial score (nSPS) is 20.1. The molecule has 2 aromatic rings. The molecule has 0 saturated heterocycles. The minimum atomic E-state index is -0.306. The molecule has 1 aliphatic carbocycles. The molecule has 6 nitrogen and oxygen atoms in total. The van der Waals surface area contributed by atoms with E-state index in [2.05, 4.69) is 16.3 Å². The van der Waals surface area contributed by atoms with Crippen molar-refractivity contribution < 1.29 is 9.47 Å². The minimum Gasteiger partial charge on any atom is -0.490 e. The number of nitrogens with one attached hydrogen (secondary N) is 1. The maximum atomic E-state index is 9.62. The van der Waals surface area contributed by atoms with Crippen LogP contribution in [0.2, 0.25) is 0 Å². The van der Waals surface area contributed by atoms with Crippen LogP contribution in [0.3, 0.4) is 0 Å². The summed E-state index contributed by atoms with van der Waals surface area (Å²) in [6, 6.07) is 10.1. The van der Waals surface area contributed by atoms with E-state index in [1.165, 1.54) is 12.8 Å². The second-order valence-corrected chi connectivity index (χ2v) is 6.59. The van der Waals surface area contributed by atoms with Gasteiger partial charge in [-0.25, -0.2) is 0 Å². The fraction of sp³-hybridized carbons (Fsp3) is 0.368. The highest BCUT2D eigenvalue weighted by atomic mass is 16.5. The Bertz CT molecular complexity index is 872. The van der Waals surface area contributed by atoms with Crippen LogP contribution in [-0.2, 0) is 0 Å². The maximum Gasteiger partial charge on any atom is 0.244 e. The second-order valence-electron chi connectivity index (χ2n) is 6.59. The summed E-state index contributed by atoms with van der Waals surface area (Å²) < 4.78 is 11.6. The largest absolute Gasteiger partial charge is 0.490 e. The first kappa shape index (κ1) is 15.6. The molecule has 2 heterocycles. The number of nitrogens with zero attached hydrogens (tertiary/aromatic N) is 2. The SMILES string of the molecule is Cc1[nH]nc2c1[C@@H](c1cccc(OC3CCCC3)c1)C(C#N)=C(N)O2. The number of benzene rings is 1. The van der Waals surface area contributed by atoms with Crippen LogP contribution >= 0.6 is 0 Å². The zero-order valence-corrected chi connectivity index (χ0v) is 14.1. The lowest BCUT2D eigenvalue weighted by molar-refractivity contribution is 0.210. The van der Waals surface area contributed by atoms with Gasteiger partial charge in [0.1, 0.15) is 17.4 Å². The van der Waals surface area contributed by atoms with E-state index in [0.29, 0.717) is 11.5 Å². The predicted molar refractivity (Wildman–Crippen MR) is 91.9 cm³/mol. The Hall–Kier alpha value is -2.94. The van der Waals surface area contributed by atoms with Crippen LogP contribution in [-0.4, -0.2) is 16.3 Å². The summed E-state index contributed by atoms with van der Waals surface area (Å²) in [5.41, 5.74) is 9.02. The van der Waals surface area contributed by atoms with Gasteiger partial charge in [-0.15, -0.1) is 5.10 Å². The van der Waals surface area contributed by atoms with Crippen LogP contribution in [0.5, 0.6) is 11.6 Å². The van der Waals surface area contributed by atoms with Crippen LogP contribution in [0.4, 0.5) is 0 Å². The van der Waals surface area contributed by atoms with E-state index >= 15 is 0 Å². The van der Waals surface area contributed by atoms with Crippen molar-refractivity contribution in [2.24, 2.45) is 5.73 Å². The Morgan fingerprint density at radius 2 is 2.16 bits per heavy atom. The molecule has 3 N–H and O–H groups in total. The smallest absolute Gasteiger partial charge is 0.244 e. The summed E-state index contributed by atoms with van der Waals surface area (Å²) in [4.78, 5) is 0. The third-order valence-corrected chi connectivity index (χ3v) is 4.93. The van der Waals surface area contributed by atoms with Crippen molar-refractivity contribution >= 4 is 0 Å². The van der Waals surface area contributed by atoms with Crippen molar-refractivity contribution in [3.05, 3.63) is 52.5 Å². The Morgan fingerprint density at radius 3 is 2.92 bits per heavy atom. The van der Waals surface area contributed by atoms with Crippen LogP contribution in [0.1, 0.15) is 48.4 Å². The van der Waals surface area contributed by atoms with E-state index in [-0.39, 0.29) is 17.9 Å². The van der Waals surface area contributed by atoms with E-state index in [4.69, 9.17) is 15.2 Å². The first-order valence-electron chi connectivity index (χ1n) is 8.56. The maximum absolute atomic E-state index is 9.62. The molecule has 0 unspecified atom stereocenters. The number of rotatable bonds is 3. The van der Waals surface area contributed by atoms with Gasteiger partial charge in [-0.3, -0.25) is 5.10 Å². The van der Waals surface area contributed by atoms with Gasteiger partial charge in [-0.2, -0.15) is 5.26 Å². The third kappa shape index (κ3) is 2.72. The average Bonchev–Trinajstić information content (AvgIpc) is 3.24. The van der Waals surface area contributed by atoms with E-state index < -0.39 is 0 Å².